The van der Waals surface area contributed by atoms with E-state index in [0.29, 0.717) is 11.8 Å². The SMILES string of the molecule is C=CC[C@H](C)[C@H](C)C=C. The molecule has 0 aromatic heterocycles. The topological polar surface area (TPSA) is 0 Å². The highest BCUT2D eigenvalue weighted by Crippen LogP contribution is 2.15. The molecular weight excluding hydrogens is 108 g/mol. The Kier molecular flexibility index (Phi) is 4.12. The molecule has 0 saturated heterocycles. The van der Waals surface area contributed by atoms with Crippen LogP contribution in [0, 0.1) is 11.8 Å². The molecule has 0 aromatic rings. The molecule has 9 heavy (non-hydrogen) atoms. The summed E-state index contributed by atoms with van der Waals surface area (Å²) in [4.78, 5) is 0. The molecule has 0 aromatic carbocycles. The van der Waals surface area contributed by atoms with E-state index >= 15 is 0 Å². The molecule has 2 atom stereocenters. The smallest absolute Gasteiger partial charge is 0.0236 e. The van der Waals surface area contributed by atoms with Crippen LogP contribution in [0.4, 0.5) is 0 Å². The van der Waals surface area contributed by atoms with Gasteiger partial charge in [-0.2, -0.15) is 0 Å². The van der Waals surface area contributed by atoms with Crippen molar-refractivity contribution in [1.29, 1.82) is 0 Å². The van der Waals surface area contributed by atoms with E-state index in [2.05, 4.69) is 27.0 Å². The molecule has 0 heterocycles. The Morgan fingerprint density at radius 3 is 2.22 bits per heavy atom. The quantitative estimate of drug-likeness (QED) is 0.505. The van der Waals surface area contributed by atoms with E-state index in [-0.39, 0.29) is 0 Å². The number of hydrogen-bond donors (Lipinski definition) is 0. The lowest BCUT2D eigenvalue weighted by Crippen LogP contribution is -2.02. The first-order valence-electron chi connectivity index (χ1n) is 3.45. The van der Waals surface area contributed by atoms with Crippen molar-refractivity contribution in [1.82, 2.24) is 0 Å². The van der Waals surface area contributed by atoms with Gasteiger partial charge in [0.25, 0.3) is 0 Å². The molecule has 0 unspecified atom stereocenters. The molecule has 0 bridgehead atoms. The van der Waals surface area contributed by atoms with Crippen LogP contribution in [0.5, 0.6) is 0 Å². The summed E-state index contributed by atoms with van der Waals surface area (Å²) < 4.78 is 0. The van der Waals surface area contributed by atoms with Crippen LogP contribution >= 0.6 is 0 Å². The van der Waals surface area contributed by atoms with Gasteiger partial charge in [-0.25, -0.2) is 0 Å². The van der Waals surface area contributed by atoms with Gasteiger partial charge < -0.3 is 0 Å². The molecule has 0 nitrogen and oxygen atoms in total. The van der Waals surface area contributed by atoms with E-state index in [1.165, 1.54) is 0 Å². The second kappa shape index (κ2) is 4.37. The molecule has 0 saturated carbocycles. The first kappa shape index (κ1) is 8.48. The lowest BCUT2D eigenvalue weighted by atomic mass is 9.93. The minimum atomic E-state index is 0.614. The van der Waals surface area contributed by atoms with Gasteiger partial charge in [-0.15, -0.1) is 13.2 Å². The van der Waals surface area contributed by atoms with E-state index in [4.69, 9.17) is 0 Å². The molecular formula is C9H16. The van der Waals surface area contributed by atoms with Crippen molar-refractivity contribution < 1.29 is 0 Å². The first-order chi connectivity index (χ1) is 4.22. The molecule has 0 fully saturated rings. The van der Waals surface area contributed by atoms with Gasteiger partial charge in [-0.05, 0) is 18.3 Å². The van der Waals surface area contributed by atoms with Crippen LogP contribution in [0.25, 0.3) is 0 Å². The van der Waals surface area contributed by atoms with Crippen molar-refractivity contribution in [2.45, 2.75) is 20.3 Å². The van der Waals surface area contributed by atoms with Crippen LogP contribution in [0.1, 0.15) is 20.3 Å². The number of allylic oxidation sites excluding steroid dienone is 2. The predicted octanol–water partition coefficient (Wildman–Crippen LogP) is 3.02. The zero-order valence-electron chi connectivity index (χ0n) is 6.43. The van der Waals surface area contributed by atoms with E-state index in [0.717, 1.165) is 6.42 Å². The summed E-state index contributed by atoms with van der Waals surface area (Å²) in [5.41, 5.74) is 0. The van der Waals surface area contributed by atoms with Crippen molar-refractivity contribution in [3.05, 3.63) is 25.3 Å². The van der Waals surface area contributed by atoms with Crippen LogP contribution in [-0.4, -0.2) is 0 Å². The first-order valence-corrected chi connectivity index (χ1v) is 3.45. The largest absolute Gasteiger partial charge is 0.103 e. The molecule has 0 amide bonds. The summed E-state index contributed by atoms with van der Waals surface area (Å²) >= 11 is 0. The third-order valence-electron chi connectivity index (χ3n) is 1.81. The molecule has 0 rings (SSSR count). The van der Waals surface area contributed by atoms with Crippen molar-refractivity contribution in [2.24, 2.45) is 11.8 Å². The van der Waals surface area contributed by atoms with Crippen LogP contribution in [0.3, 0.4) is 0 Å². The maximum atomic E-state index is 3.73. The Bertz CT molecular complexity index is 92.2. The van der Waals surface area contributed by atoms with Gasteiger partial charge in [0.05, 0.1) is 0 Å². The maximum Gasteiger partial charge on any atom is -0.0236 e. The molecule has 0 radical (unpaired) electrons. The molecule has 0 aliphatic carbocycles. The van der Waals surface area contributed by atoms with E-state index in [1.807, 2.05) is 12.2 Å². The zero-order chi connectivity index (χ0) is 7.28. The minimum absolute atomic E-state index is 0.614. The average molecular weight is 124 g/mol. The lowest BCUT2D eigenvalue weighted by molar-refractivity contribution is 0.467. The summed E-state index contributed by atoms with van der Waals surface area (Å²) in [7, 11) is 0. The summed E-state index contributed by atoms with van der Waals surface area (Å²) in [6.45, 7) is 11.8. The monoisotopic (exact) mass is 124 g/mol. The molecule has 0 aliphatic heterocycles. The van der Waals surface area contributed by atoms with Crippen LogP contribution in [0.2, 0.25) is 0 Å². The Morgan fingerprint density at radius 2 is 1.89 bits per heavy atom. The van der Waals surface area contributed by atoms with Gasteiger partial charge in [0.2, 0.25) is 0 Å². The molecule has 0 N–H and O–H groups in total. The summed E-state index contributed by atoms with van der Waals surface area (Å²) in [6.07, 6.45) is 5.05. The Labute approximate surface area is 58.3 Å². The van der Waals surface area contributed by atoms with Gasteiger partial charge in [0, 0.05) is 0 Å². The average Bonchev–Trinajstić information content (AvgIpc) is 1.87. The van der Waals surface area contributed by atoms with Gasteiger partial charge in [0.1, 0.15) is 0 Å². The summed E-state index contributed by atoms with van der Waals surface area (Å²) in [5, 5.41) is 0. The van der Waals surface area contributed by atoms with Gasteiger partial charge in [-0.3, -0.25) is 0 Å². The van der Waals surface area contributed by atoms with Crippen molar-refractivity contribution in [3.63, 3.8) is 0 Å². The summed E-state index contributed by atoms with van der Waals surface area (Å²) in [6, 6.07) is 0. The molecule has 0 spiro atoms. The van der Waals surface area contributed by atoms with E-state index in [1.54, 1.807) is 0 Å². The maximum absolute atomic E-state index is 3.73. The van der Waals surface area contributed by atoms with Crippen molar-refractivity contribution >= 4 is 0 Å². The number of rotatable bonds is 4. The highest BCUT2D eigenvalue weighted by Gasteiger charge is 2.04. The second-order valence-corrected chi connectivity index (χ2v) is 2.60. The predicted molar refractivity (Wildman–Crippen MR) is 43.3 cm³/mol. The van der Waals surface area contributed by atoms with E-state index in [9.17, 15) is 0 Å². The fourth-order valence-electron chi connectivity index (χ4n) is 0.710. The Balaban J connectivity index is 3.56. The highest BCUT2D eigenvalue weighted by molar-refractivity contribution is 4.82. The fourth-order valence-corrected chi connectivity index (χ4v) is 0.710. The van der Waals surface area contributed by atoms with Crippen LogP contribution in [0.15, 0.2) is 25.3 Å². The summed E-state index contributed by atoms with van der Waals surface area (Å²) in [5.74, 6) is 1.31. The fraction of sp³-hybridized carbons (Fsp3) is 0.556. The highest BCUT2D eigenvalue weighted by atomic mass is 14.1. The number of hydrogen-bond acceptors (Lipinski definition) is 0. The van der Waals surface area contributed by atoms with Crippen LogP contribution < -0.4 is 0 Å². The van der Waals surface area contributed by atoms with Crippen molar-refractivity contribution in [2.75, 3.05) is 0 Å². The van der Waals surface area contributed by atoms with E-state index < -0.39 is 0 Å². The second-order valence-electron chi connectivity index (χ2n) is 2.60. The molecule has 52 valence electrons. The molecule has 0 heteroatoms. The van der Waals surface area contributed by atoms with Crippen molar-refractivity contribution in [3.8, 4) is 0 Å². The normalized spacial score (nSPS) is 16.2. The minimum Gasteiger partial charge on any atom is -0.103 e. The standard InChI is InChI=1S/C9H16/c1-5-7-9(4)8(3)6-2/h5-6,8-9H,1-2,7H2,3-4H3/t8-,9+/m1/s1. The van der Waals surface area contributed by atoms with Gasteiger partial charge in [-0.1, -0.05) is 26.0 Å². The molecule has 0 aliphatic rings. The van der Waals surface area contributed by atoms with Gasteiger partial charge in [0.15, 0.2) is 0 Å². The lowest BCUT2D eigenvalue weighted by Gasteiger charge is -2.12. The Hall–Kier alpha value is -0.520. The third kappa shape index (κ3) is 3.12. The third-order valence-corrected chi connectivity index (χ3v) is 1.81. The Morgan fingerprint density at radius 1 is 1.33 bits per heavy atom. The van der Waals surface area contributed by atoms with Gasteiger partial charge >= 0.3 is 0 Å². The van der Waals surface area contributed by atoms with Crippen LogP contribution in [-0.2, 0) is 0 Å². The zero-order valence-corrected chi connectivity index (χ0v) is 6.43.